The van der Waals surface area contributed by atoms with Gasteiger partial charge in [-0.2, -0.15) is 0 Å². The number of likely N-dealkylation sites (tertiary alicyclic amines) is 1. The van der Waals surface area contributed by atoms with Crippen molar-refractivity contribution in [3.05, 3.63) is 35.9 Å². The van der Waals surface area contributed by atoms with Crippen LogP contribution in [0.4, 0.5) is 4.79 Å². The standard InChI is InChI=1S/C15H23N3O2.ClH/c1-17(2)14-10-18(9-8-13(14)16)15(19)20-11-12-6-4-3-5-7-12;/h3-7,13-14H,8-11,16H2,1-2H3;1H/t13-,14-;/m0./s1. The molecule has 0 radical (unpaired) electrons. The normalized spacial score (nSPS) is 21.8. The van der Waals surface area contributed by atoms with Gasteiger partial charge in [0.15, 0.2) is 0 Å². The summed E-state index contributed by atoms with van der Waals surface area (Å²) in [7, 11) is 3.98. The van der Waals surface area contributed by atoms with Crippen LogP contribution in [0, 0.1) is 0 Å². The molecule has 2 N–H and O–H groups in total. The molecule has 1 amide bonds. The van der Waals surface area contributed by atoms with Gasteiger partial charge < -0.3 is 20.3 Å². The Morgan fingerprint density at radius 2 is 2.05 bits per heavy atom. The van der Waals surface area contributed by atoms with Crippen LogP contribution in [0.3, 0.4) is 0 Å². The zero-order valence-corrected chi connectivity index (χ0v) is 13.4. The summed E-state index contributed by atoms with van der Waals surface area (Å²) in [5.41, 5.74) is 7.09. The van der Waals surface area contributed by atoms with Gasteiger partial charge >= 0.3 is 6.09 Å². The number of carbonyl (C=O) groups excluding carboxylic acids is 1. The number of piperidine rings is 1. The first kappa shape index (κ1) is 17.8. The van der Waals surface area contributed by atoms with Crippen LogP contribution in [-0.4, -0.2) is 55.2 Å². The second-order valence-corrected chi connectivity index (χ2v) is 5.47. The number of hydrogen-bond donors (Lipinski definition) is 1. The molecule has 21 heavy (non-hydrogen) atoms. The van der Waals surface area contributed by atoms with Crippen LogP contribution in [-0.2, 0) is 11.3 Å². The van der Waals surface area contributed by atoms with Crippen molar-refractivity contribution >= 4 is 18.5 Å². The van der Waals surface area contributed by atoms with E-state index in [2.05, 4.69) is 4.90 Å². The fourth-order valence-electron chi connectivity index (χ4n) is 2.47. The van der Waals surface area contributed by atoms with Crippen LogP contribution in [0.1, 0.15) is 12.0 Å². The molecule has 0 unspecified atom stereocenters. The number of nitrogens with two attached hydrogens (primary N) is 1. The molecule has 6 heteroatoms. The monoisotopic (exact) mass is 313 g/mol. The van der Waals surface area contributed by atoms with E-state index in [1.54, 1.807) is 4.90 Å². The number of rotatable bonds is 3. The first-order chi connectivity index (χ1) is 9.58. The van der Waals surface area contributed by atoms with Gasteiger partial charge in [-0.25, -0.2) is 4.79 Å². The Kier molecular flexibility index (Phi) is 6.95. The Balaban J connectivity index is 0.00000220. The molecule has 1 aliphatic rings. The number of likely N-dealkylation sites (N-methyl/N-ethyl adjacent to an activating group) is 1. The Morgan fingerprint density at radius 3 is 2.67 bits per heavy atom. The molecule has 5 nitrogen and oxygen atoms in total. The lowest BCUT2D eigenvalue weighted by molar-refractivity contribution is 0.0656. The number of benzene rings is 1. The summed E-state index contributed by atoms with van der Waals surface area (Å²) >= 11 is 0. The second-order valence-electron chi connectivity index (χ2n) is 5.47. The third-order valence-corrected chi connectivity index (χ3v) is 3.76. The van der Waals surface area contributed by atoms with Crippen molar-refractivity contribution < 1.29 is 9.53 Å². The van der Waals surface area contributed by atoms with Crippen LogP contribution in [0.2, 0.25) is 0 Å². The number of carbonyl (C=O) groups is 1. The van der Waals surface area contributed by atoms with E-state index >= 15 is 0 Å². The van der Waals surface area contributed by atoms with Crippen LogP contribution in [0.5, 0.6) is 0 Å². The predicted molar refractivity (Wildman–Crippen MR) is 85.5 cm³/mol. The maximum absolute atomic E-state index is 12.1. The van der Waals surface area contributed by atoms with Crippen molar-refractivity contribution in [3.63, 3.8) is 0 Å². The van der Waals surface area contributed by atoms with Gasteiger partial charge in [-0.15, -0.1) is 12.4 Å². The second kappa shape index (κ2) is 8.22. The molecule has 1 saturated heterocycles. The third-order valence-electron chi connectivity index (χ3n) is 3.76. The van der Waals surface area contributed by atoms with Crippen molar-refractivity contribution in [1.29, 1.82) is 0 Å². The maximum Gasteiger partial charge on any atom is 0.410 e. The lowest BCUT2D eigenvalue weighted by Gasteiger charge is -2.39. The van der Waals surface area contributed by atoms with E-state index in [1.165, 1.54) is 0 Å². The Hall–Kier alpha value is -1.30. The first-order valence-electron chi connectivity index (χ1n) is 6.95. The topological polar surface area (TPSA) is 58.8 Å². The van der Waals surface area contributed by atoms with Crippen molar-refractivity contribution in [2.24, 2.45) is 5.73 Å². The van der Waals surface area contributed by atoms with Gasteiger partial charge in [-0.3, -0.25) is 0 Å². The van der Waals surface area contributed by atoms with E-state index in [-0.39, 0.29) is 30.6 Å². The summed E-state index contributed by atoms with van der Waals surface area (Å²) in [5.74, 6) is 0. The summed E-state index contributed by atoms with van der Waals surface area (Å²) in [6.07, 6.45) is 0.552. The van der Waals surface area contributed by atoms with Gasteiger partial charge in [-0.05, 0) is 26.1 Å². The highest BCUT2D eigenvalue weighted by molar-refractivity contribution is 5.85. The summed E-state index contributed by atoms with van der Waals surface area (Å²) in [6, 6.07) is 10.0. The van der Waals surface area contributed by atoms with Crippen molar-refractivity contribution in [1.82, 2.24) is 9.80 Å². The minimum atomic E-state index is -0.257. The third kappa shape index (κ3) is 4.88. The van der Waals surface area contributed by atoms with E-state index in [0.717, 1.165) is 12.0 Å². The molecule has 0 bridgehead atoms. The molecule has 2 rings (SSSR count). The molecular weight excluding hydrogens is 290 g/mol. The zero-order chi connectivity index (χ0) is 14.5. The van der Waals surface area contributed by atoms with Gasteiger partial charge in [0.1, 0.15) is 6.61 Å². The minimum absolute atomic E-state index is 0. The minimum Gasteiger partial charge on any atom is -0.445 e. The van der Waals surface area contributed by atoms with E-state index in [4.69, 9.17) is 10.5 Å². The molecule has 2 atom stereocenters. The fraction of sp³-hybridized carbons (Fsp3) is 0.533. The molecule has 1 fully saturated rings. The van der Waals surface area contributed by atoms with E-state index in [0.29, 0.717) is 19.7 Å². The van der Waals surface area contributed by atoms with Crippen LogP contribution in [0.25, 0.3) is 0 Å². The van der Waals surface area contributed by atoms with Crippen LogP contribution < -0.4 is 5.73 Å². The van der Waals surface area contributed by atoms with Crippen LogP contribution in [0.15, 0.2) is 30.3 Å². The molecule has 0 saturated carbocycles. The quantitative estimate of drug-likeness (QED) is 0.923. The van der Waals surface area contributed by atoms with E-state index in [9.17, 15) is 4.79 Å². The van der Waals surface area contributed by atoms with Gasteiger partial charge in [0, 0.05) is 25.2 Å². The largest absolute Gasteiger partial charge is 0.445 e. The molecule has 118 valence electrons. The highest BCUT2D eigenvalue weighted by atomic mass is 35.5. The number of ether oxygens (including phenoxy) is 1. The smallest absolute Gasteiger partial charge is 0.410 e. The Morgan fingerprint density at radius 1 is 1.38 bits per heavy atom. The van der Waals surface area contributed by atoms with Crippen molar-refractivity contribution in [3.8, 4) is 0 Å². The number of halogens is 1. The first-order valence-corrected chi connectivity index (χ1v) is 6.95. The summed E-state index contributed by atoms with van der Waals surface area (Å²) < 4.78 is 5.36. The Bertz CT molecular complexity index is 442. The van der Waals surface area contributed by atoms with Crippen LogP contribution >= 0.6 is 12.4 Å². The summed E-state index contributed by atoms with van der Waals surface area (Å²) in [4.78, 5) is 15.9. The van der Waals surface area contributed by atoms with Gasteiger partial charge in [-0.1, -0.05) is 30.3 Å². The highest BCUT2D eigenvalue weighted by Gasteiger charge is 2.31. The van der Waals surface area contributed by atoms with Crippen molar-refractivity contribution in [2.45, 2.75) is 25.1 Å². The molecule has 1 heterocycles. The lowest BCUT2D eigenvalue weighted by atomic mass is 10.00. The molecular formula is C15H24ClN3O2. The molecule has 0 aromatic heterocycles. The molecule has 1 aromatic carbocycles. The average Bonchev–Trinajstić information content (AvgIpc) is 2.46. The number of amides is 1. The SMILES string of the molecule is CN(C)[C@H]1CN(C(=O)OCc2ccccc2)CC[C@@H]1N.Cl. The average molecular weight is 314 g/mol. The molecule has 0 aliphatic carbocycles. The van der Waals surface area contributed by atoms with E-state index in [1.807, 2.05) is 44.4 Å². The number of hydrogen-bond acceptors (Lipinski definition) is 4. The van der Waals surface area contributed by atoms with Gasteiger partial charge in [0.2, 0.25) is 0 Å². The maximum atomic E-state index is 12.1. The van der Waals surface area contributed by atoms with Crippen molar-refractivity contribution in [2.75, 3.05) is 27.2 Å². The molecule has 1 aliphatic heterocycles. The number of nitrogens with zero attached hydrogens (tertiary/aromatic N) is 2. The van der Waals surface area contributed by atoms with Gasteiger partial charge in [0.25, 0.3) is 0 Å². The highest BCUT2D eigenvalue weighted by Crippen LogP contribution is 2.14. The summed E-state index contributed by atoms with van der Waals surface area (Å²) in [5, 5.41) is 0. The molecule has 1 aromatic rings. The fourth-order valence-corrected chi connectivity index (χ4v) is 2.47. The Labute approximate surface area is 132 Å². The lowest BCUT2D eigenvalue weighted by Crippen LogP contribution is -2.57. The van der Waals surface area contributed by atoms with Gasteiger partial charge in [0.05, 0.1) is 0 Å². The zero-order valence-electron chi connectivity index (χ0n) is 12.6. The predicted octanol–water partition coefficient (Wildman–Crippen LogP) is 1.71. The van der Waals surface area contributed by atoms with E-state index < -0.39 is 0 Å². The molecule has 0 spiro atoms. The summed E-state index contributed by atoms with van der Waals surface area (Å²) in [6.45, 7) is 1.61.